The van der Waals surface area contributed by atoms with E-state index in [9.17, 15) is 4.79 Å². The quantitative estimate of drug-likeness (QED) is 0.731. The van der Waals surface area contributed by atoms with Crippen molar-refractivity contribution in [1.29, 1.82) is 0 Å². The van der Waals surface area contributed by atoms with Gasteiger partial charge < -0.3 is 10.4 Å². The standard InChI is InChI=1S/C12H21NO2/c1-8-4-2-3-5-9(8)10-6-13-7-11(10)12(14)15/h8-11,13H,2-7H2,1H3,(H,14,15). The van der Waals surface area contributed by atoms with Crippen LogP contribution in [-0.2, 0) is 4.79 Å². The first kappa shape index (κ1) is 10.9. The normalized spacial score (nSPS) is 41.7. The lowest BCUT2D eigenvalue weighted by molar-refractivity contribution is -0.143. The molecule has 0 radical (unpaired) electrons. The Labute approximate surface area is 91.2 Å². The summed E-state index contributed by atoms with van der Waals surface area (Å²) in [6.45, 7) is 3.87. The topological polar surface area (TPSA) is 49.3 Å². The van der Waals surface area contributed by atoms with Gasteiger partial charge in [0.05, 0.1) is 5.92 Å². The second-order valence-electron chi connectivity index (χ2n) is 5.19. The summed E-state index contributed by atoms with van der Waals surface area (Å²) in [5.41, 5.74) is 0. The Bertz CT molecular complexity index is 242. The molecule has 3 heteroatoms. The molecule has 2 aliphatic rings. The molecule has 1 aliphatic carbocycles. The average molecular weight is 211 g/mol. The van der Waals surface area contributed by atoms with E-state index >= 15 is 0 Å². The minimum absolute atomic E-state index is 0.143. The molecule has 1 saturated carbocycles. The maximum absolute atomic E-state index is 11.1. The van der Waals surface area contributed by atoms with Crippen LogP contribution < -0.4 is 5.32 Å². The molecule has 2 N–H and O–H groups in total. The zero-order valence-corrected chi connectivity index (χ0v) is 9.41. The van der Waals surface area contributed by atoms with Crippen molar-refractivity contribution in [2.45, 2.75) is 32.6 Å². The fourth-order valence-electron chi connectivity index (χ4n) is 3.40. The largest absolute Gasteiger partial charge is 0.481 e. The van der Waals surface area contributed by atoms with E-state index in [0.29, 0.717) is 24.3 Å². The summed E-state index contributed by atoms with van der Waals surface area (Å²) in [6, 6.07) is 0. The Morgan fingerprint density at radius 3 is 2.60 bits per heavy atom. The molecule has 4 atom stereocenters. The first-order valence-corrected chi connectivity index (χ1v) is 6.13. The van der Waals surface area contributed by atoms with Gasteiger partial charge in [0.2, 0.25) is 0 Å². The van der Waals surface area contributed by atoms with Gasteiger partial charge in [-0.1, -0.05) is 26.2 Å². The third-order valence-electron chi connectivity index (χ3n) is 4.31. The number of rotatable bonds is 2. The molecular formula is C12H21NO2. The molecule has 4 unspecified atom stereocenters. The molecule has 0 amide bonds. The zero-order chi connectivity index (χ0) is 10.8. The van der Waals surface area contributed by atoms with Gasteiger partial charge in [0.15, 0.2) is 0 Å². The monoisotopic (exact) mass is 211 g/mol. The average Bonchev–Trinajstić information content (AvgIpc) is 2.67. The Balaban J connectivity index is 2.04. The van der Waals surface area contributed by atoms with Gasteiger partial charge >= 0.3 is 5.97 Å². The number of carboxylic acids is 1. The van der Waals surface area contributed by atoms with Crippen LogP contribution in [-0.4, -0.2) is 24.2 Å². The molecule has 0 aromatic carbocycles. The Kier molecular flexibility index (Phi) is 3.29. The van der Waals surface area contributed by atoms with Gasteiger partial charge in [-0.3, -0.25) is 4.79 Å². The second kappa shape index (κ2) is 4.52. The van der Waals surface area contributed by atoms with Crippen molar-refractivity contribution in [1.82, 2.24) is 5.32 Å². The predicted molar refractivity (Wildman–Crippen MR) is 58.6 cm³/mol. The molecule has 15 heavy (non-hydrogen) atoms. The van der Waals surface area contributed by atoms with Crippen molar-refractivity contribution in [3.8, 4) is 0 Å². The Morgan fingerprint density at radius 2 is 1.93 bits per heavy atom. The highest BCUT2D eigenvalue weighted by Gasteiger charge is 2.40. The Morgan fingerprint density at radius 1 is 1.20 bits per heavy atom. The molecule has 0 aromatic heterocycles. The second-order valence-corrected chi connectivity index (χ2v) is 5.19. The van der Waals surface area contributed by atoms with Gasteiger partial charge in [-0.25, -0.2) is 0 Å². The van der Waals surface area contributed by atoms with Crippen LogP contribution in [0.1, 0.15) is 32.6 Å². The van der Waals surface area contributed by atoms with Crippen LogP contribution in [0.15, 0.2) is 0 Å². The molecule has 0 aromatic rings. The van der Waals surface area contributed by atoms with Crippen molar-refractivity contribution in [3.63, 3.8) is 0 Å². The van der Waals surface area contributed by atoms with Gasteiger partial charge in [0.25, 0.3) is 0 Å². The number of aliphatic carboxylic acids is 1. The van der Waals surface area contributed by atoms with Crippen LogP contribution >= 0.6 is 0 Å². The van der Waals surface area contributed by atoms with Crippen molar-refractivity contribution >= 4 is 5.97 Å². The Hall–Kier alpha value is -0.570. The van der Waals surface area contributed by atoms with Crippen LogP contribution in [0, 0.1) is 23.7 Å². The van der Waals surface area contributed by atoms with Crippen LogP contribution in [0.2, 0.25) is 0 Å². The SMILES string of the molecule is CC1CCCCC1C1CNCC1C(=O)O. The van der Waals surface area contributed by atoms with Gasteiger partial charge in [-0.05, 0) is 30.7 Å². The maximum atomic E-state index is 11.1. The molecular weight excluding hydrogens is 190 g/mol. The van der Waals surface area contributed by atoms with Gasteiger partial charge in [-0.15, -0.1) is 0 Å². The van der Waals surface area contributed by atoms with Crippen LogP contribution in [0.3, 0.4) is 0 Å². The van der Waals surface area contributed by atoms with E-state index in [4.69, 9.17) is 5.11 Å². The highest BCUT2D eigenvalue weighted by molar-refractivity contribution is 5.71. The molecule has 3 nitrogen and oxygen atoms in total. The number of carboxylic acid groups (broad SMARTS) is 1. The molecule has 1 aliphatic heterocycles. The first-order valence-electron chi connectivity index (χ1n) is 6.13. The summed E-state index contributed by atoms with van der Waals surface area (Å²) in [6.07, 6.45) is 5.14. The highest BCUT2D eigenvalue weighted by atomic mass is 16.4. The lowest BCUT2D eigenvalue weighted by Gasteiger charge is -2.34. The van der Waals surface area contributed by atoms with Crippen LogP contribution in [0.4, 0.5) is 0 Å². The fraction of sp³-hybridized carbons (Fsp3) is 0.917. The summed E-state index contributed by atoms with van der Waals surface area (Å²) in [4.78, 5) is 11.1. The number of hydrogen-bond donors (Lipinski definition) is 2. The summed E-state index contributed by atoms with van der Waals surface area (Å²) in [5.74, 6) is 0.969. The molecule has 2 fully saturated rings. The molecule has 1 saturated heterocycles. The first-order chi connectivity index (χ1) is 7.20. The van der Waals surface area contributed by atoms with E-state index in [1.54, 1.807) is 0 Å². The van der Waals surface area contributed by atoms with Crippen molar-refractivity contribution in [2.75, 3.05) is 13.1 Å². The fourth-order valence-corrected chi connectivity index (χ4v) is 3.40. The van der Waals surface area contributed by atoms with E-state index in [1.807, 2.05) is 0 Å². The van der Waals surface area contributed by atoms with Gasteiger partial charge in [-0.2, -0.15) is 0 Å². The van der Waals surface area contributed by atoms with E-state index < -0.39 is 5.97 Å². The van der Waals surface area contributed by atoms with Gasteiger partial charge in [0.1, 0.15) is 0 Å². The third kappa shape index (κ3) is 2.17. The van der Waals surface area contributed by atoms with E-state index in [2.05, 4.69) is 12.2 Å². The van der Waals surface area contributed by atoms with Crippen LogP contribution in [0.25, 0.3) is 0 Å². The lowest BCUT2D eigenvalue weighted by atomic mass is 9.70. The summed E-state index contributed by atoms with van der Waals surface area (Å²) < 4.78 is 0. The molecule has 2 rings (SSSR count). The van der Waals surface area contributed by atoms with E-state index in [1.165, 1.54) is 25.7 Å². The zero-order valence-electron chi connectivity index (χ0n) is 9.41. The molecule has 0 spiro atoms. The van der Waals surface area contributed by atoms with E-state index in [-0.39, 0.29) is 5.92 Å². The van der Waals surface area contributed by atoms with Gasteiger partial charge in [0, 0.05) is 6.54 Å². The predicted octanol–water partition coefficient (Wildman–Crippen LogP) is 1.73. The van der Waals surface area contributed by atoms with Crippen LogP contribution in [0.5, 0.6) is 0 Å². The number of nitrogens with one attached hydrogen (secondary N) is 1. The summed E-state index contributed by atoms with van der Waals surface area (Å²) >= 11 is 0. The highest BCUT2D eigenvalue weighted by Crippen LogP contribution is 2.39. The minimum Gasteiger partial charge on any atom is -0.481 e. The third-order valence-corrected chi connectivity index (χ3v) is 4.31. The molecule has 86 valence electrons. The number of hydrogen-bond acceptors (Lipinski definition) is 2. The maximum Gasteiger partial charge on any atom is 0.308 e. The minimum atomic E-state index is -0.609. The number of carbonyl (C=O) groups is 1. The summed E-state index contributed by atoms with van der Waals surface area (Å²) in [5, 5.41) is 12.4. The smallest absolute Gasteiger partial charge is 0.308 e. The lowest BCUT2D eigenvalue weighted by Crippen LogP contribution is -2.33. The van der Waals surface area contributed by atoms with Crippen molar-refractivity contribution in [3.05, 3.63) is 0 Å². The molecule has 1 heterocycles. The van der Waals surface area contributed by atoms with Crippen molar-refractivity contribution < 1.29 is 9.90 Å². The van der Waals surface area contributed by atoms with Crippen molar-refractivity contribution in [2.24, 2.45) is 23.7 Å². The summed E-state index contributed by atoms with van der Waals surface area (Å²) in [7, 11) is 0. The van der Waals surface area contributed by atoms with E-state index in [0.717, 1.165) is 6.54 Å². The molecule has 0 bridgehead atoms.